The van der Waals surface area contributed by atoms with Crippen LogP contribution in [0.2, 0.25) is 0 Å². The Morgan fingerprint density at radius 2 is 2.00 bits per heavy atom. The van der Waals surface area contributed by atoms with Crippen molar-refractivity contribution in [3.8, 4) is 11.3 Å². The van der Waals surface area contributed by atoms with E-state index in [4.69, 9.17) is 0 Å². The number of benzene rings is 1. The second-order valence-corrected chi connectivity index (χ2v) is 5.92. The quantitative estimate of drug-likeness (QED) is 0.917. The van der Waals surface area contributed by atoms with Crippen LogP contribution >= 0.6 is 11.3 Å². The molecule has 3 rings (SSSR count). The van der Waals surface area contributed by atoms with Crippen molar-refractivity contribution in [2.24, 2.45) is 5.92 Å². The zero-order chi connectivity index (χ0) is 14.7. The first-order chi connectivity index (χ1) is 10.2. The van der Waals surface area contributed by atoms with Crippen LogP contribution in [0, 0.1) is 11.7 Å². The molecule has 6 heteroatoms. The van der Waals surface area contributed by atoms with E-state index >= 15 is 0 Å². The van der Waals surface area contributed by atoms with E-state index in [9.17, 15) is 9.18 Å². The minimum absolute atomic E-state index is 0.0384. The summed E-state index contributed by atoms with van der Waals surface area (Å²) >= 11 is 1.39. The van der Waals surface area contributed by atoms with E-state index < -0.39 is 0 Å². The van der Waals surface area contributed by atoms with Gasteiger partial charge in [-0.25, -0.2) is 9.37 Å². The Hall–Kier alpha value is -1.79. The number of carbonyl (C=O) groups excluding carboxylic acids is 1. The van der Waals surface area contributed by atoms with Gasteiger partial charge in [0.25, 0.3) is 0 Å². The van der Waals surface area contributed by atoms with Crippen LogP contribution in [0.3, 0.4) is 0 Å². The van der Waals surface area contributed by atoms with Crippen molar-refractivity contribution < 1.29 is 9.18 Å². The van der Waals surface area contributed by atoms with Crippen molar-refractivity contribution >= 4 is 22.4 Å². The number of anilines is 1. The highest BCUT2D eigenvalue weighted by Gasteiger charge is 2.21. The SMILES string of the molecule is O=C(Nc1nc(-c2ccc(F)cc2)cs1)C1CCNCC1. The number of aromatic nitrogens is 1. The second kappa shape index (κ2) is 6.32. The van der Waals surface area contributed by atoms with Gasteiger partial charge in [-0.2, -0.15) is 0 Å². The molecule has 0 aliphatic carbocycles. The highest BCUT2D eigenvalue weighted by molar-refractivity contribution is 7.14. The summed E-state index contributed by atoms with van der Waals surface area (Å²) in [5, 5.41) is 8.58. The maximum absolute atomic E-state index is 12.9. The van der Waals surface area contributed by atoms with Gasteiger partial charge in [-0.3, -0.25) is 4.79 Å². The van der Waals surface area contributed by atoms with Gasteiger partial charge >= 0.3 is 0 Å². The van der Waals surface area contributed by atoms with Crippen molar-refractivity contribution in [3.63, 3.8) is 0 Å². The van der Waals surface area contributed by atoms with Gasteiger partial charge in [-0.15, -0.1) is 11.3 Å². The average Bonchev–Trinajstić information content (AvgIpc) is 2.97. The van der Waals surface area contributed by atoms with E-state index in [0.29, 0.717) is 5.13 Å². The van der Waals surface area contributed by atoms with Crippen LogP contribution in [-0.2, 0) is 4.79 Å². The maximum Gasteiger partial charge on any atom is 0.229 e. The number of thiazole rings is 1. The first kappa shape index (κ1) is 14.2. The molecule has 1 saturated heterocycles. The van der Waals surface area contributed by atoms with E-state index in [2.05, 4.69) is 15.6 Å². The number of carbonyl (C=O) groups is 1. The number of hydrogen-bond donors (Lipinski definition) is 2. The molecule has 1 fully saturated rings. The normalized spacial score (nSPS) is 15.9. The summed E-state index contributed by atoms with van der Waals surface area (Å²) in [5.41, 5.74) is 1.59. The van der Waals surface area contributed by atoms with Crippen LogP contribution in [0.15, 0.2) is 29.6 Å². The van der Waals surface area contributed by atoms with Gasteiger partial charge in [-0.1, -0.05) is 0 Å². The van der Waals surface area contributed by atoms with Gasteiger partial charge in [-0.05, 0) is 50.2 Å². The van der Waals surface area contributed by atoms with E-state index in [1.54, 1.807) is 12.1 Å². The maximum atomic E-state index is 12.9. The standard InChI is InChI=1S/C15H16FN3OS/c16-12-3-1-10(2-4-12)13-9-21-15(18-13)19-14(20)11-5-7-17-8-6-11/h1-4,9,11,17H,5-8H2,(H,18,19,20). The summed E-state index contributed by atoms with van der Waals surface area (Å²) in [7, 11) is 0. The molecule has 2 heterocycles. The van der Waals surface area contributed by atoms with E-state index in [1.807, 2.05) is 5.38 Å². The van der Waals surface area contributed by atoms with Crippen molar-refractivity contribution in [1.82, 2.24) is 10.3 Å². The van der Waals surface area contributed by atoms with Crippen molar-refractivity contribution in [2.75, 3.05) is 18.4 Å². The third kappa shape index (κ3) is 3.46. The van der Waals surface area contributed by atoms with Crippen LogP contribution in [0.25, 0.3) is 11.3 Å². The lowest BCUT2D eigenvalue weighted by atomic mass is 9.97. The van der Waals surface area contributed by atoms with Crippen LogP contribution in [0.5, 0.6) is 0 Å². The number of halogens is 1. The molecule has 110 valence electrons. The zero-order valence-electron chi connectivity index (χ0n) is 11.4. The lowest BCUT2D eigenvalue weighted by molar-refractivity contribution is -0.120. The first-order valence-electron chi connectivity index (χ1n) is 6.95. The van der Waals surface area contributed by atoms with Crippen molar-refractivity contribution in [3.05, 3.63) is 35.5 Å². The fourth-order valence-electron chi connectivity index (χ4n) is 2.38. The number of amides is 1. The van der Waals surface area contributed by atoms with Crippen LogP contribution in [0.4, 0.5) is 9.52 Å². The first-order valence-corrected chi connectivity index (χ1v) is 7.83. The van der Waals surface area contributed by atoms with Gasteiger partial charge in [0, 0.05) is 16.9 Å². The highest BCUT2D eigenvalue weighted by atomic mass is 32.1. The highest BCUT2D eigenvalue weighted by Crippen LogP contribution is 2.26. The van der Waals surface area contributed by atoms with Crippen molar-refractivity contribution in [2.45, 2.75) is 12.8 Å². The van der Waals surface area contributed by atoms with Crippen LogP contribution in [0.1, 0.15) is 12.8 Å². The third-order valence-electron chi connectivity index (χ3n) is 3.58. The Bertz CT molecular complexity index is 620. The molecule has 1 aliphatic rings. The smallest absolute Gasteiger partial charge is 0.229 e. The van der Waals surface area contributed by atoms with Gasteiger partial charge < -0.3 is 10.6 Å². The Morgan fingerprint density at radius 1 is 1.29 bits per heavy atom. The summed E-state index contributed by atoms with van der Waals surface area (Å²) in [4.78, 5) is 16.5. The minimum Gasteiger partial charge on any atom is -0.317 e. The van der Waals surface area contributed by atoms with E-state index in [0.717, 1.165) is 37.2 Å². The van der Waals surface area contributed by atoms with Crippen LogP contribution < -0.4 is 10.6 Å². The van der Waals surface area contributed by atoms with E-state index in [1.165, 1.54) is 23.5 Å². The summed E-state index contributed by atoms with van der Waals surface area (Å²) in [6.07, 6.45) is 1.73. The van der Waals surface area contributed by atoms with Crippen LogP contribution in [-0.4, -0.2) is 24.0 Å². The van der Waals surface area contributed by atoms with Crippen molar-refractivity contribution in [1.29, 1.82) is 0 Å². The zero-order valence-corrected chi connectivity index (χ0v) is 12.3. The number of nitrogens with one attached hydrogen (secondary N) is 2. The average molecular weight is 305 g/mol. The largest absolute Gasteiger partial charge is 0.317 e. The number of piperidine rings is 1. The molecule has 1 aromatic carbocycles. The molecule has 1 aromatic heterocycles. The fourth-order valence-corrected chi connectivity index (χ4v) is 3.10. The number of nitrogens with zero attached hydrogens (tertiary/aromatic N) is 1. The molecule has 2 aromatic rings. The predicted molar refractivity (Wildman–Crippen MR) is 81.7 cm³/mol. The summed E-state index contributed by atoms with van der Waals surface area (Å²) < 4.78 is 12.9. The van der Waals surface area contributed by atoms with Gasteiger partial charge in [0.1, 0.15) is 5.82 Å². The Kier molecular flexibility index (Phi) is 4.26. The summed E-state index contributed by atoms with van der Waals surface area (Å²) in [6, 6.07) is 6.18. The summed E-state index contributed by atoms with van der Waals surface area (Å²) in [5.74, 6) is -0.172. The molecule has 2 N–H and O–H groups in total. The molecule has 21 heavy (non-hydrogen) atoms. The lowest BCUT2D eigenvalue weighted by Crippen LogP contribution is -2.34. The Labute approximate surface area is 126 Å². The molecular weight excluding hydrogens is 289 g/mol. The van der Waals surface area contributed by atoms with Gasteiger partial charge in [0.2, 0.25) is 5.91 Å². The number of rotatable bonds is 3. The number of hydrogen-bond acceptors (Lipinski definition) is 4. The molecular formula is C15H16FN3OS. The van der Waals surface area contributed by atoms with Gasteiger partial charge in [0.05, 0.1) is 5.69 Å². The lowest BCUT2D eigenvalue weighted by Gasteiger charge is -2.20. The fraction of sp³-hybridized carbons (Fsp3) is 0.333. The minimum atomic E-state index is -0.270. The van der Waals surface area contributed by atoms with E-state index in [-0.39, 0.29) is 17.6 Å². The predicted octanol–water partition coefficient (Wildman–Crippen LogP) is 2.89. The molecule has 0 atom stereocenters. The second-order valence-electron chi connectivity index (χ2n) is 5.06. The molecule has 0 saturated carbocycles. The topological polar surface area (TPSA) is 54.0 Å². The molecule has 1 aliphatic heterocycles. The Morgan fingerprint density at radius 3 is 2.71 bits per heavy atom. The molecule has 0 radical (unpaired) electrons. The molecule has 0 spiro atoms. The molecule has 0 unspecified atom stereocenters. The monoisotopic (exact) mass is 305 g/mol. The Balaban J connectivity index is 1.67. The van der Waals surface area contributed by atoms with Gasteiger partial charge in [0.15, 0.2) is 5.13 Å². The molecule has 4 nitrogen and oxygen atoms in total. The molecule has 1 amide bonds. The third-order valence-corrected chi connectivity index (χ3v) is 4.34. The summed E-state index contributed by atoms with van der Waals surface area (Å²) in [6.45, 7) is 1.77. The molecule has 0 bridgehead atoms.